The van der Waals surface area contributed by atoms with Gasteiger partial charge in [0.25, 0.3) is 0 Å². The number of benzene rings is 1. The molecular weight excluding hydrogens is 302 g/mol. The Hall–Kier alpha value is -0.540. The molecule has 0 aliphatic heterocycles. The van der Waals surface area contributed by atoms with E-state index in [2.05, 4.69) is 35.8 Å². The molecule has 0 heterocycles. The lowest BCUT2D eigenvalue weighted by atomic mass is 9.72. The molecule has 0 aromatic heterocycles. The maximum absolute atomic E-state index is 6.53. The van der Waals surface area contributed by atoms with Gasteiger partial charge in [0.05, 0.1) is 7.11 Å². The molecule has 0 bridgehead atoms. The minimum Gasteiger partial charge on any atom is -0.496 e. The summed E-state index contributed by atoms with van der Waals surface area (Å²) in [5.74, 6) is 3.02. The molecule has 3 unspecified atom stereocenters. The van der Waals surface area contributed by atoms with Crippen molar-refractivity contribution in [3.63, 3.8) is 0 Å². The highest BCUT2D eigenvalue weighted by atomic mass is 79.9. The summed E-state index contributed by atoms with van der Waals surface area (Å²) in [5.41, 5.74) is 7.66. The van der Waals surface area contributed by atoms with Crippen LogP contribution in [-0.4, -0.2) is 7.11 Å². The van der Waals surface area contributed by atoms with Gasteiger partial charge in [-0.15, -0.1) is 0 Å². The highest BCUT2D eigenvalue weighted by Gasteiger charge is 2.30. The van der Waals surface area contributed by atoms with Crippen LogP contribution in [0.1, 0.15) is 44.7 Å². The lowest BCUT2D eigenvalue weighted by Crippen LogP contribution is -2.29. The summed E-state index contributed by atoms with van der Waals surface area (Å²) < 4.78 is 6.51. The van der Waals surface area contributed by atoms with Gasteiger partial charge in [-0.1, -0.05) is 35.8 Å². The molecule has 1 aliphatic carbocycles. The molecule has 1 saturated carbocycles. The predicted octanol–water partition coefficient (Wildman–Crippen LogP) is 4.53. The van der Waals surface area contributed by atoms with Gasteiger partial charge >= 0.3 is 0 Å². The van der Waals surface area contributed by atoms with Gasteiger partial charge in [-0.2, -0.15) is 0 Å². The molecule has 1 aliphatic rings. The second-order valence-electron chi connectivity index (χ2n) is 6.09. The third-order valence-electron chi connectivity index (χ3n) is 4.28. The Morgan fingerprint density at radius 1 is 1.21 bits per heavy atom. The van der Waals surface area contributed by atoms with E-state index in [1.165, 1.54) is 19.3 Å². The van der Waals surface area contributed by atoms with Crippen LogP contribution in [0.15, 0.2) is 22.7 Å². The molecule has 0 saturated heterocycles. The number of hydrogen-bond acceptors (Lipinski definition) is 2. The molecular formula is C16H24BrNO. The number of hydrogen-bond donors (Lipinski definition) is 1. The molecule has 1 aromatic rings. The Morgan fingerprint density at radius 2 is 1.84 bits per heavy atom. The molecule has 2 rings (SSSR count). The van der Waals surface area contributed by atoms with Gasteiger partial charge in [0, 0.05) is 16.1 Å². The smallest absolute Gasteiger partial charge is 0.124 e. The fraction of sp³-hybridized carbons (Fsp3) is 0.625. The fourth-order valence-corrected chi connectivity index (χ4v) is 3.86. The van der Waals surface area contributed by atoms with E-state index in [1.807, 2.05) is 12.1 Å². The topological polar surface area (TPSA) is 35.2 Å². The Morgan fingerprint density at radius 3 is 2.42 bits per heavy atom. The minimum atomic E-state index is 0.0771. The van der Waals surface area contributed by atoms with E-state index in [0.717, 1.165) is 27.6 Å². The second kappa shape index (κ2) is 6.27. The van der Waals surface area contributed by atoms with Crippen LogP contribution in [-0.2, 0) is 0 Å². The Bertz CT molecular complexity index is 425. The Balaban J connectivity index is 2.21. The SMILES string of the molecule is COc1cc(Br)ccc1C(N)C1CC(C)CC(C)C1. The van der Waals surface area contributed by atoms with Gasteiger partial charge in [-0.25, -0.2) is 0 Å². The van der Waals surface area contributed by atoms with Crippen molar-refractivity contribution in [1.29, 1.82) is 0 Å². The standard InChI is InChI=1S/C16H24BrNO/c1-10-6-11(2)8-12(7-10)16(18)14-5-4-13(17)9-15(14)19-3/h4-5,9-12,16H,6-8,18H2,1-3H3. The zero-order valence-corrected chi connectivity index (χ0v) is 13.6. The van der Waals surface area contributed by atoms with Crippen molar-refractivity contribution in [2.24, 2.45) is 23.5 Å². The molecule has 0 spiro atoms. The highest BCUT2D eigenvalue weighted by Crippen LogP contribution is 2.41. The van der Waals surface area contributed by atoms with Crippen LogP contribution in [0.25, 0.3) is 0 Å². The van der Waals surface area contributed by atoms with Crippen molar-refractivity contribution >= 4 is 15.9 Å². The van der Waals surface area contributed by atoms with E-state index in [1.54, 1.807) is 7.11 Å². The molecule has 2 N–H and O–H groups in total. The summed E-state index contributed by atoms with van der Waals surface area (Å²) in [6, 6.07) is 6.23. The van der Waals surface area contributed by atoms with E-state index in [4.69, 9.17) is 10.5 Å². The van der Waals surface area contributed by atoms with Crippen LogP contribution >= 0.6 is 15.9 Å². The molecule has 2 nitrogen and oxygen atoms in total. The lowest BCUT2D eigenvalue weighted by Gasteiger charge is -2.35. The number of nitrogens with two attached hydrogens (primary N) is 1. The Labute approximate surface area is 124 Å². The van der Waals surface area contributed by atoms with E-state index in [9.17, 15) is 0 Å². The summed E-state index contributed by atoms with van der Waals surface area (Å²) >= 11 is 3.48. The molecule has 19 heavy (non-hydrogen) atoms. The van der Waals surface area contributed by atoms with Crippen molar-refractivity contribution < 1.29 is 4.74 Å². The molecule has 3 heteroatoms. The molecule has 0 amide bonds. The van der Waals surface area contributed by atoms with Crippen molar-refractivity contribution in [3.05, 3.63) is 28.2 Å². The number of halogens is 1. The first kappa shape index (κ1) is 14.9. The Kier molecular flexibility index (Phi) is 4.91. The van der Waals surface area contributed by atoms with E-state index in [-0.39, 0.29) is 6.04 Å². The highest BCUT2D eigenvalue weighted by molar-refractivity contribution is 9.10. The van der Waals surface area contributed by atoms with Crippen molar-refractivity contribution in [2.45, 2.75) is 39.2 Å². The first-order chi connectivity index (χ1) is 9.01. The first-order valence-corrected chi connectivity index (χ1v) is 7.89. The third kappa shape index (κ3) is 3.51. The normalized spacial score (nSPS) is 29.0. The zero-order chi connectivity index (χ0) is 14.0. The lowest BCUT2D eigenvalue weighted by molar-refractivity contribution is 0.192. The maximum Gasteiger partial charge on any atom is 0.124 e. The van der Waals surface area contributed by atoms with Gasteiger partial charge in [0.15, 0.2) is 0 Å². The summed E-state index contributed by atoms with van der Waals surface area (Å²) in [6.07, 6.45) is 3.79. The second-order valence-corrected chi connectivity index (χ2v) is 7.01. The average molecular weight is 326 g/mol. The number of ether oxygens (including phenoxy) is 1. The van der Waals surface area contributed by atoms with Crippen LogP contribution in [0.2, 0.25) is 0 Å². The van der Waals surface area contributed by atoms with Gasteiger partial charge in [0.1, 0.15) is 5.75 Å². The molecule has 106 valence electrons. The van der Waals surface area contributed by atoms with Crippen molar-refractivity contribution in [3.8, 4) is 5.75 Å². The fourth-order valence-electron chi connectivity index (χ4n) is 3.52. The first-order valence-electron chi connectivity index (χ1n) is 7.10. The molecule has 1 aromatic carbocycles. The summed E-state index contributed by atoms with van der Waals surface area (Å²) in [5, 5.41) is 0. The number of rotatable bonds is 3. The largest absolute Gasteiger partial charge is 0.496 e. The molecule has 0 radical (unpaired) electrons. The van der Waals surface area contributed by atoms with Gasteiger partial charge < -0.3 is 10.5 Å². The van der Waals surface area contributed by atoms with Gasteiger partial charge in [-0.3, -0.25) is 0 Å². The van der Waals surface area contributed by atoms with Crippen LogP contribution in [0.3, 0.4) is 0 Å². The van der Waals surface area contributed by atoms with Crippen LogP contribution in [0.4, 0.5) is 0 Å². The van der Waals surface area contributed by atoms with E-state index in [0.29, 0.717) is 5.92 Å². The van der Waals surface area contributed by atoms with Gasteiger partial charge in [0.2, 0.25) is 0 Å². The predicted molar refractivity (Wildman–Crippen MR) is 83.3 cm³/mol. The monoisotopic (exact) mass is 325 g/mol. The van der Waals surface area contributed by atoms with Crippen molar-refractivity contribution in [1.82, 2.24) is 0 Å². The summed E-state index contributed by atoms with van der Waals surface area (Å²) in [4.78, 5) is 0. The summed E-state index contributed by atoms with van der Waals surface area (Å²) in [6.45, 7) is 4.68. The molecule has 3 atom stereocenters. The molecule has 1 fully saturated rings. The van der Waals surface area contributed by atoms with E-state index >= 15 is 0 Å². The number of methoxy groups -OCH3 is 1. The van der Waals surface area contributed by atoms with Crippen molar-refractivity contribution in [2.75, 3.05) is 7.11 Å². The zero-order valence-electron chi connectivity index (χ0n) is 12.0. The van der Waals surface area contributed by atoms with E-state index < -0.39 is 0 Å². The van der Waals surface area contributed by atoms with Crippen LogP contribution in [0, 0.1) is 17.8 Å². The summed E-state index contributed by atoms with van der Waals surface area (Å²) in [7, 11) is 1.71. The maximum atomic E-state index is 6.53. The third-order valence-corrected chi connectivity index (χ3v) is 4.77. The average Bonchev–Trinajstić information content (AvgIpc) is 2.36. The van der Waals surface area contributed by atoms with Crippen LogP contribution in [0.5, 0.6) is 5.75 Å². The minimum absolute atomic E-state index is 0.0771. The van der Waals surface area contributed by atoms with Crippen LogP contribution < -0.4 is 10.5 Å². The van der Waals surface area contributed by atoms with Gasteiger partial charge in [-0.05, 0) is 49.1 Å². The quantitative estimate of drug-likeness (QED) is 0.886.